The van der Waals surface area contributed by atoms with Crippen molar-refractivity contribution in [2.45, 2.75) is 33.7 Å². The molecule has 0 aliphatic carbocycles. The molecule has 0 N–H and O–H groups in total. The van der Waals surface area contributed by atoms with Gasteiger partial charge in [0.05, 0.1) is 0 Å². The van der Waals surface area contributed by atoms with Crippen molar-refractivity contribution < 1.29 is 4.79 Å². The molecule has 1 heterocycles. The lowest BCUT2D eigenvalue weighted by atomic mass is 9.83. The first-order valence-corrected chi connectivity index (χ1v) is 7.96. The number of nitrogens with zero attached hydrogens (tertiary/aromatic N) is 2. The molecule has 0 unspecified atom stereocenters. The summed E-state index contributed by atoms with van der Waals surface area (Å²) >= 11 is 0. The van der Waals surface area contributed by atoms with Crippen molar-refractivity contribution in [3.63, 3.8) is 0 Å². The highest BCUT2D eigenvalue weighted by molar-refractivity contribution is 6.00. The van der Waals surface area contributed by atoms with Crippen molar-refractivity contribution in [2.75, 3.05) is 32.7 Å². The molecule has 1 aromatic rings. The second-order valence-corrected chi connectivity index (χ2v) is 6.98. The molecule has 1 aliphatic heterocycles. The van der Waals surface area contributed by atoms with Crippen LogP contribution in [0, 0.1) is 5.41 Å². The Bertz CT molecular complexity index is 459. The van der Waals surface area contributed by atoms with Crippen LogP contribution >= 0.6 is 0 Å². The zero-order valence-electron chi connectivity index (χ0n) is 13.8. The summed E-state index contributed by atoms with van der Waals surface area (Å²) in [5, 5.41) is 0. The number of hydrogen-bond acceptors (Lipinski definition) is 3. The molecule has 1 fully saturated rings. The first-order valence-electron chi connectivity index (χ1n) is 7.96. The van der Waals surface area contributed by atoms with E-state index in [0.29, 0.717) is 6.04 Å². The van der Waals surface area contributed by atoms with Gasteiger partial charge in [-0.15, -0.1) is 0 Å². The fourth-order valence-electron chi connectivity index (χ4n) is 3.05. The van der Waals surface area contributed by atoms with Crippen molar-refractivity contribution >= 4 is 5.78 Å². The molecule has 1 saturated heterocycles. The molecule has 2 rings (SSSR count). The monoisotopic (exact) mass is 288 g/mol. The van der Waals surface area contributed by atoms with Gasteiger partial charge in [-0.25, -0.2) is 0 Å². The predicted molar refractivity (Wildman–Crippen MR) is 87.7 cm³/mol. The van der Waals surface area contributed by atoms with Gasteiger partial charge in [0, 0.05) is 49.7 Å². The molecule has 3 heteroatoms. The number of Topliss-reactive ketones (excluding diaryl/α,β-unsaturated/α-hetero) is 1. The standard InChI is InChI=1S/C18H28N2O/c1-15(2)20-12-10-19(11-13-20)14-18(3,4)17(21)16-8-6-5-7-9-16/h5-9,15H,10-14H2,1-4H3. The lowest BCUT2D eigenvalue weighted by Gasteiger charge is -2.39. The van der Waals surface area contributed by atoms with E-state index in [9.17, 15) is 4.79 Å². The molecular weight excluding hydrogens is 260 g/mol. The van der Waals surface area contributed by atoms with Gasteiger partial charge in [-0.2, -0.15) is 0 Å². The van der Waals surface area contributed by atoms with Gasteiger partial charge in [-0.3, -0.25) is 14.6 Å². The quantitative estimate of drug-likeness (QED) is 0.778. The molecule has 116 valence electrons. The van der Waals surface area contributed by atoms with E-state index in [-0.39, 0.29) is 11.2 Å². The average molecular weight is 288 g/mol. The number of piperazine rings is 1. The summed E-state index contributed by atoms with van der Waals surface area (Å²) in [6.45, 7) is 13.8. The Balaban J connectivity index is 1.94. The molecule has 1 aromatic carbocycles. The molecule has 0 saturated carbocycles. The highest BCUT2D eigenvalue weighted by Gasteiger charge is 2.32. The Kier molecular flexibility index (Phi) is 5.17. The van der Waals surface area contributed by atoms with Gasteiger partial charge < -0.3 is 0 Å². The summed E-state index contributed by atoms with van der Waals surface area (Å²) in [4.78, 5) is 17.6. The van der Waals surface area contributed by atoms with Crippen molar-refractivity contribution in [3.05, 3.63) is 35.9 Å². The van der Waals surface area contributed by atoms with Crippen LogP contribution in [0.25, 0.3) is 0 Å². The molecule has 0 bridgehead atoms. The van der Waals surface area contributed by atoms with Crippen LogP contribution in [-0.4, -0.2) is 54.3 Å². The van der Waals surface area contributed by atoms with E-state index < -0.39 is 0 Å². The number of hydrogen-bond donors (Lipinski definition) is 0. The Hall–Kier alpha value is -1.19. The fourth-order valence-corrected chi connectivity index (χ4v) is 3.05. The molecule has 0 amide bonds. The molecule has 0 aromatic heterocycles. The lowest BCUT2D eigenvalue weighted by molar-refractivity contribution is 0.0620. The van der Waals surface area contributed by atoms with Crippen LogP contribution in [0.5, 0.6) is 0 Å². The summed E-state index contributed by atoms with van der Waals surface area (Å²) in [6, 6.07) is 10.3. The second kappa shape index (κ2) is 6.71. The number of carbonyl (C=O) groups is 1. The second-order valence-electron chi connectivity index (χ2n) is 6.98. The van der Waals surface area contributed by atoms with Crippen LogP contribution in [0.3, 0.4) is 0 Å². The van der Waals surface area contributed by atoms with Gasteiger partial charge in [0.2, 0.25) is 0 Å². The zero-order chi connectivity index (χ0) is 15.5. The molecule has 0 spiro atoms. The third-order valence-corrected chi connectivity index (χ3v) is 4.41. The van der Waals surface area contributed by atoms with E-state index >= 15 is 0 Å². The molecule has 1 aliphatic rings. The first kappa shape index (κ1) is 16.2. The summed E-state index contributed by atoms with van der Waals surface area (Å²) in [5.41, 5.74) is 0.491. The van der Waals surface area contributed by atoms with Crippen molar-refractivity contribution in [2.24, 2.45) is 5.41 Å². The third-order valence-electron chi connectivity index (χ3n) is 4.41. The number of carbonyl (C=O) groups excluding carboxylic acids is 1. The van der Waals surface area contributed by atoms with E-state index in [2.05, 4.69) is 37.5 Å². The topological polar surface area (TPSA) is 23.6 Å². The Morgan fingerprint density at radius 3 is 2.19 bits per heavy atom. The van der Waals surface area contributed by atoms with E-state index in [4.69, 9.17) is 0 Å². The minimum absolute atomic E-state index is 0.245. The maximum atomic E-state index is 12.7. The summed E-state index contributed by atoms with van der Waals surface area (Å²) in [5.74, 6) is 0.245. The highest BCUT2D eigenvalue weighted by atomic mass is 16.1. The van der Waals surface area contributed by atoms with Crippen molar-refractivity contribution in [1.82, 2.24) is 9.80 Å². The summed E-state index contributed by atoms with van der Waals surface area (Å²) < 4.78 is 0. The molecule has 0 atom stereocenters. The average Bonchev–Trinajstić information content (AvgIpc) is 2.47. The van der Waals surface area contributed by atoms with Crippen molar-refractivity contribution in [1.29, 1.82) is 0 Å². The van der Waals surface area contributed by atoms with E-state index in [1.165, 1.54) is 0 Å². The van der Waals surface area contributed by atoms with Gasteiger partial charge >= 0.3 is 0 Å². The zero-order valence-corrected chi connectivity index (χ0v) is 13.8. The van der Waals surface area contributed by atoms with E-state index in [1.807, 2.05) is 30.3 Å². The molecular formula is C18H28N2O. The van der Waals surface area contributed by atoms with Crippen LogP contribution in [0.4, 0.5) is 0 Å². The normalized spacial score (nSPS) is 18.1. The maximum absolute atomic E-state index is 12.7. The van der Waals surface area contributed by atoms with Crippen molar-refractivity contribution in [3.8, 4) is 0 Å². The number of rotatable bonds is 5. The Morgan fingerprint density at radius 2 is 1.67 bits per heavy atom. The van der Waals surface area contributed by atoms with Crippen LogP contribution in [0.1, 0.15) is 38.1 Å². The Labute approximate surface area is 128 Å². The predicted octanol–water partition coefficient (Wildman–Crippen LogP) is 2.92. The largest absolute Gasteiger partial charge is 0.300 e. The molecule has 3 nitrogen and oxygen atoms in total. The van der Waals surface area contributed by atoms with Crippen LogP contribution in [0.15, 0.2) is 30.3 Å². The summed E-state index contributed by atoms with van der Waals surface area (Å²) in [6.07, 6.45) is 0. The minimum Gasteiger partial charge on any atom is -0.300 e. The third kappa shape index (κ3) is 4.14. The fraction of sp³-hybridized carbons (Fsp3) is 0.611. The van der Waals surface area contributed by atoms with Crippen LogP contribution in [-0.2, 0) is 0 Å². The molecule has 0 radical (unpaired) electrons. The lowest BCUT2D eigenvalue weighted by Crippen LogP contribution is -2.51. The molecule has 21 heavy (non-hydrogen) atoms. The van der Waals surface area contributed by atoms with Gasteiger partial charge in [0.1, 0.15) is 0 Å². The van der Waals surface area contributed by atoms with E-state index in [0.717, 1.165) is 38.3 Å². The van der Waals surface area contributed by atoms with Gasteiger partial charge in [0.25, 0.3) is 0 Å². The van der Waals surface area contributed by atoms with E-state index in [1.54, 1.807) is 0 Å². The van der Waals surface area contributed by atoms with Gasteiger partial charge in [-0.1, -0.05) is 44.2 Å². The number of benzene rings is 1. The Morgan fingerprint density at radius 1 is 1.10 bits per heavy atom. The highest BCUT2D eigenvalue weighted by Crippen LogP contribution is 2.24. The maximum Gasteiger partial charge on any atom is 0.169 e. The van der Waals surface area contributed by atoms with Crippen LogP contribution < -0.4 is 0 Å². The van der Waals surface area contributed by atoms with Crippen LogP contribution in [0.2, 0.25) is 0 Å². The number of ketones is 1. The van der Waals surface area contributed by atoms with Gasteiger partial charge in [-0.05, 0) is 13.8 Å². The SMILES string of the molecule is CC(C)N1CCN(CC(C)(C)C(=O)c2ccccc2)CC1. The summed E-state index contributed by atoms with van der Waals surface area (Å²) in [7, 11) is 0. The minimum atomic E-state index is -0.332. The smallest absolute Gasteiger partial charge is 0.169 e. The van der Waals surface area contributed by atoms with Gasteiger partial charge in [0.15, 0.2) is 5.78 Å². The first-order chi connectivity index (χ1) is 9.90.